The Morgan fingerprint density at radius 2 is 1.93 bits per heavy atom. The molecule has 0 saturated heterocycles. The summed E-state index contributed by atoms with van der Waals surface area (Å²) in [5.74, 6) is -1.91. The van der Waals surface area contributed by atoms with Crippen LogP contribution in [0.25, 0.3) is 0 Å². The molecule has 0 aliphatic rings. The van der Waals surface area contributed by atoms with Crippen molar-refractivity contribution in [3.63, 3.8) is 0 Å². The van der Waals surface area contributed by atoms with Gasteiger partial charge < -0.3 is 16.5 Å². The topological polar surface area (TPSA) is 104 Å². The molecule has 0 spiro atoms. The monoisotopic (exact) mass is 198 g/mol. The molecule has 5 N–H and O–H groups in total. The van der Waals surface area contributed by atoms with E-state index in [0.29, 0.717) is 0 Å². The molecule has 0 aliphatic carbocycles. The molecule has 0 saturated carbocycles. The Labute approximate surface area is 84.0 Å². The molecule has 1 aromatic carbocycles. The summed E-state index contributed by atoms with van der Waals surface area (Å²) in [6.45, 7) is -2.53. The summed E-state index contributed by atoms with van der Waals surface area (Å²) in [5.41, 5.74) is 5.03. The second-order valence-electron chi connectivity index (χ2n) is 2.31. The highest BCUT2D eigenvalue weighted by atomic mass is 16.2. The average Bonchev–Trinajstić information content (AvgIpc) is 2.18. The molecule has 5 nitrogen and oxygen atoms in total. The van der Waals surface area contributed by atoms with Gasteiger partial charge in [-0.25, -0.2) is 0 Å². The van der Waals surface area contributed by atoms with E-state index in [1.165, 1.54) is 12.1 Å². The third-order valence-electron chi connectivity index (χ3n) is 1.34. The number of hydrogen-bond acceptors (Lipinski definition) is 2. The molecule has 1 rings (SSSR count). The number of primary amides is 1. The van der Waals surface area contributed by atoms with E-state index >= 15 is 0 Å². The maximum atomic E-state index is 11.4. The van der Waals surface area contributed by atoms with Crippen molar-refractivity contribution >= 4 is 11.8 Å². The molecule has 0 heterocycles. The zero-order chi connectivity index (χ0) is 11.5. The van der Waals surface area contributed by atoms with Gasteiger partial charge in [0, 0.05) is 5.56 Å². The number of carbonyl (C=O) groups is 2. The molecular weight excluding hydrogens is 184 g/mol. The van der Waals surface area contributed by atoms with Gasteiger partial charge >= 0.3 is 0 Å². The molecule has 0 radical (unpaired) electrons. The maximum absolute atomic E-state index is 11.4. The first-order valence-electron chi connectivity index (χ1n) is 4.61. The summed E-state index contributed by atoms with van der Waals surface area (Å²) in [6, 6.07) is 8.00. The van der Waals surface area contributed by atoms with Crippen molar-refractivity contribution in [2.75, 3.05) is 6.50 Å². The predicted molar refractivity (Wildman–Crippen MR) is 51.6 cm³/mol. The van der Waals surface area contributed by atoms with Crippen molar-refractivity contribution in [2.24, 2.45) is 5.73 Å². The van der Waals surface area contributed by atoms with Gasteiger partial charge in [-0.2, -0.15) is 0 Å². The van der Waals surface area contributed by atoms with Gasteiger partial charge in [-0.15, -0.1) is 0 Å². The first-order valence-corrected chi connectivity index (χ1v) is 3.61. The summed E-state index contributed by atoms with van der Waals surface area (Å²) >= 11 is 0. The third-order valence-corrected chi connectivity index (χ3v) is 1.34. The van der Waals surface area contributed by atoms with Gasteiger partial charge in [-0.05, 0) is 12.1 Å². The van der Waals surface area contributed by atoms with Gasteiger partial charge in [0.05, 0.1) is 9.24 Å². The standard InChI is InChI=1S/C9H10N2O2.H2O/c10-8(12)6-11-9(13)7-4-2-1-3-5-7;/h1-5H,6H2,(H2,10,12)(H,11,13);1H2/i6D2;. The minimum Gasteiger partial charge on any atom is -0.412 e. The van der Waals surface area contributed by atoms with E-state index in [0.717, 1.165) is 0 Å². The van der Waals surface area contributed by atoms with Gasteiger partial charge in [0.15, 0.2) is 0 Å². The molecule has 5 heteroatoms. The van der Waals surface area contributed by atoms with Gasteiger partial charge in [-0.1, -0.05) is 18.2 Å². The third kappa shape index (κ3) is 3.68. The molecule has 0 bridgehead atoms. The van der Waals surface area contributed by atoms with Crippen molar-refractivity contribution in [3.8, 4) is 0 Å². The number of nitrogens with one attached hydrogen (secondary N) is 1. The maximum Gasteiger partial charge on any atom is 0.251 e. The lowest BCUT2D eigenvalue weighted by molar-refractivity contribution is -0.117. The minimum absolute atomic E-state index is 0. The largest absolute Gasteiger partial charge is 0.412 e. The number of hydrogen-bond donors (Lipinski definition) is 2. The fourth-order valence-electron chi connectivity index (χ4n) is 0.780. The smallest absolute Gasteiger partial charge is 0.251 e. The second kappa shape index (κ2) is 5.71. The normalized spacial score (nSPS) is 11.7. The number of nitrogens with two attached hydrogens (primary N) is 1. The Bertz CT molecular complexity index is 382. The van der Waals surface area contributed by atoms with Crippen LogP contribution in [0.3, 0.4) is 0 Å². The van der Waals surface area contributed by atoms with Crippen LogP contribution in [0.5, 0.6) is 0 Å². The van der Waals surface area contributed by atoms with E-state index in [-0.39, 0.29) is 11.0 Å². The molecule has 0 aliphatic heterocycles. The van der Waals surface area contributed by atoms with E-state index in [4.69, 9.17) is 8.48 Å². The number of benzene rings is 1. The second-order valence-corrected chi connectivity index (χ2v) is 2.31. The van der Waals surface area contributed by atoms with Crippen molar-refractivity contribution in [2.45, 2.75) is 0 Å². The summed E-state index contributed by atoms with van der Waals surface area (Å²) in [4.78, 5) is 22.0. The summed E-state index contributed by atoms with van der Waals surface area (Å²) in [6.07, 6.45) is 0. The lowest BCUT2D eigenvalue weighted by atomic mass is 10.2. The van der Waals surface area contributed by atoms with Gasteiger partial charge in [0.2, 0.25) is 5.91 Å². The first kappa shape index (κ1) is 8.71. The van der Waals surface area contributed by atoms with Crippen molar-refractivity contribution < 1.29 is 17.8 Å². The Hall–Kier alpha value is -1.88. The van der Waals surface area contributed by atoms with Crippen LogP contribution < -0.4 is 11.1 Å². The minimum atomic E-state index is -2.53. The highest BCUT2D eigenvalue weighted by Crippen LogP contribution is 1.96. The summed E-state index contributed by atoms with van der Waals surface area (Å²) in [5, 5.41) is 1.89. The van der Waals surface area contributed by atoms with Gasteiger partial charge in [-0.3, -0.25) is 9.59 Å². The van der Waals surface area contributed by atoms with Crippen LogP contribution in [0.4, 0.5) is 0 Å². The summed E-state index contributed by atoms with van der Waals surface area (Å²) < 4.78 is 14.2. The van der Waals surface area contributed by atoms with E-state index in [1.807, 2.05) is 5.32 Å². The highest BCUT2D eigenvalue weighted by Gasteiger charge is 2.03. The van der Waals surface area contributed by atoms with Crippen LogP contribution in [-0.2, 0) is 4.79 Å². The van der Waals surface area contributed by atoms with Crippen LogP contribution >= 0.6 is 0 Å². The zero-order valence-electron chi connectivity index (χ0n) is 9.28. The lowest BCUT2D eigenvalue weighted by Gasteiger charge is -2.01. The quantitative estimate of drug-likeness (QED) is 0.655. The Morgan fingerprint density at radius 1 is 1.36 bits per heavy atom. The number of carbonyl (C=O) groups excluding carboxylic acids is 2. The average molecular weight is 198 g/mol. The van der Waals surface area contributed by atoms with E-state index < -0.39 is 18.3 Å². The Balaban J connectivity index is 0.00000225. The van der Waals surface area contributed by atoms with Crippen LogP contribution in [0, 0.1) is 0 Å². The summed E-state index contributed by atoms with van der Waals surface area (Å²) in [7, 11) is 0. The van der Waals surface area contributed by atoms with Crippen LogP contribution in [0.15, 0.2) is 30.3 Å². The molecule has 76 valence electrons. The molecule has 1 aromatic rings. The fourth-order valence-corrected chi connectivity index (χ4v) is 0.780. The molecule has 14 heavy (non-hydrogen) atoms. The van der Waals surface area contributed by atoms with E-state index in [9.17, 15) is 9.59 Å². The van der Waals surface area contributed by atoms with Crippen molar-refractivity contribution in [1.82, 2.24) is 5.32 Å². The SMILES string of the molecule is O.[2H]C([2H])(NC(=O)c1ccccc1)C(N)=O. The Morgan fingerprint density at radius 3 is 2.43 bits per heavy atom. The predicted octanol–water partition coefficient (Wildman–Crippen LogP) is -0.923. The first-order chi connectivity index (χ1) is 6.93. The van der Waals surface area contributed by atoms with Crippen molar-refractivity contribution in [1.29, 1.82) is 0 Å². The number of amides is 2. The molecular formula is C9H12N2O3. The van der Waals surface area contributed by atoms with Crippen molar-refractivity contribution in [3.05, 3.63) is 35.9 Å². The van der Waals surface area contributed by atoms with E-state index in [2.05, 4.69) is 0 Å². The van der Waals surface area contributed by atoms with Crippen LogP contribution in [0.1, 0.15) is 13.1 Å². The van der Waals surface area contributed by atoms with Gasteiger partial charge in [0.1, 0.15) is 0 Å². The number of rotatable bonds is 3. The molecule has 2 amide bonds. The molecule has 0 aromatic heterocycles. The van der Waals surface area contributed by atoms with E-state index in [1.54, 1.807) is 18.2 Å². The molecule has 0 atom stereocenters. The zero-order valence-corrected chi connectivity index (χ0v) is 7.28. The molecule has 0 fully saturated rings. The van der Waals surface area contributed by atoms with Crippen LogP contribution in [-0.4, -0.2) is 23.8 Å². The molecule has 0 unspecified atom stereocenters. The fraction of sp³-hybridized carbons (Fsp3) is 0.111. The Kier molecular flexibility index (Phi) is 3.55. The lowest BCUT2D eigenvalue weighted by Crippen LogP contribution is -2.33. The van der Waals surface area contributed by atoms with Crippen LogP contribution in [0.2, 0.25) is 0 Å². The van der Waals surface area contributed by atoms with Gasteiger partial charge in [0.25, 0.3) is 5.91 Å². The highest BCUT2D eigenvalue weighted by molar-refractivity contribution is 5.96.